The maximum atomic E-state index is 5.30. The summed E-state index contributed by atoms with van der Waals surface area (Å²) in [6, 6.07) is 0. The van der Waals surface area contributed by atoms with E-state index in [-0.39, 0.29) is 0 Å². The Kier molecular flexibility index (Phi) is 28.8. The molecule has 0 aromatic carbocycles. The molecule has 0 unspecified atom stereocenters. The van der Waals surface area contributed by atoms with Crippen LogP contribution in [0.25, 0.3) is 0 Å². The molecule has 0 aromatic heterocycles. The second kappa shape index (κ2) is 28.8. The maximum absolute atomic E-state index is 5.30. The lowest BCUT2D eigenvalue weighted by Crippen LogP contribution is -2.78. The van der Waals surface area contributed by atoms with Crippen molar-refractivity contribution < 1.29 is 15.0 Å². The Morgan fingerprint density at radius 1 is 0.353 bits per heavy atom. The minimum atomic E-state index is 0.318. The average molecular weight is 487 g/mol. The fourth-order valence-electron chi connectivity index (χ4n) is 3.62. The fraction of sp³-hybridized carbons (Fsp3) is 0.880. The number of nitrogens with two attached hydrogens (primary N) is 6. The van der Waals surface area contributed by atoms with Crippen molar-refractivity contribution >= 4 is 17.9 Å². The molecule has 34 heavy (non-hydrogen) atoms. The number of rotatable bonds is 22. The molecule has 0 aliphatic carbocycles. The number of hydrogen-bond donors (Lipinski definition) is 9. The third-order valence-corrected chi connectivity index (χ3v) is 5.62. The lowest BCUT2D eigenvalue weighted by Gasteiger charge is -2.00. The average Bonchev–Trinajstić information content (AvgIpc) is 2.78. The normalized spacial score (nSPS) is 10.1. The predicted molar refractivity (Wildman–Crippen MR) is 146 cm³/mol. The zero-order valence-corrected chi connectivity index (χ0v) is 22.3. The first-order valence-corrected chi connectivity index (χ1v) is 13.7. The Bertz CT molecular complexity index is 467. The van der Waals surface area contributed by atoms with Crippen LogP contribution in [-0.2, 0) is 0 Å². The van der Waals surface area contributed by atoms with Crippen molar-refractivity contribution in [2.75, 3.05) is 19.6 Å². The van der Waals surface area contributed by atoms with Gasteiger partial charge in [0.1, 0.15) is 0 Å². The molecular weight excluding hydrogens is 426 g/mol. The molecule has 15 N–H and O–H groups in total. The standard InChI is InChI=1S/C13H29N3.C12H28N6/c1-2-3-4-5-6-7-8-9-10-11-12-16-13(14)15;13-11(14)17-9-7-5-3-1-2-4-6-8-10-18-12(15)16/h2-12H2,1H3,(H4,14,15,16);1-10H2,(H4,13,14,17)(H4,15,16,18)/p+3. The smallest absolute Gasteiger partial charge is 0.291 e. The van der Waals surface area contributed by atoms with Gasteiger partial charge in [-0.25, -0.2) is 0 Å². The molecule has 0 rings (SSSR count). The van der Waals surface area contributed by atoms with Crippen LogP contribution >= 0.6 is 0 Å². The highest BCUT2D eigenvalue weighted by Crippen LogP contribution is 2.10. The molecule has 0 aliphatic rings. The predicted octanol–water partition coefficient (Wildman–Crippen LogP) is -1.92. The molecule has 0 amide bonds. The third kappa shape index (κ3) is 37.1. The number of unbranched alkanes of at least 4 members (excludes halogenated alkanes) is 16. The highest BCUT2D eigenvalue weighted by Gasteiger charge is 1.94. The summed E-state index contributed by atoms with van der Waals surface area (Å²) in [5.74, 6) is 0.980. The van der Waals surface area contributed by atoms with E-state index in [9.17, 15) is 0 Å². The third-order valence-electron chi connectivity index (χ3n) is 5.62. The monoisotopic (exact) mass is 486 g/mol. The Labute approximate surface area is 209 Å². The first-order valence-electron chi connectivity index (χ1n) is 13.7. The van der Waals surface area contributed by atoms with Gasteiger partial charge in [0.2, 0.25) is 0 Å². The minimum Gasteiger partial charge on any atom is -0.291 e. The Hall–Kier alpha value is -2.19. The van der Waals surface area contributed by atoms with Gasteiger partial charge in [0, 0.05) is 0 Å². The van der Waals surface area contributed by atoms with E-state index in [2.05, 4.69) is 21.9 Å². The Balaban J connectivity index is 0. The molecule has 9 nitrogen and oxygen atoms in total. The summed E-state index contributed by atoms with van der Waals surface area (Å²) < 4.78 is 0. The van der Waals surface area contributed by atoms with E-state index in [0.29, 0.717) is 17.9 Å². The van der Waals surface area contributed by atoms with Gasteiger partial charge < -0.3 is 0 Å². The molecule has 0 saturated carbocycles. The Morgan fingerprint density at radius 3 is 0.765 bits per heavy atom. The van der Waals surface area contributed by atoms with Crippen LogP contribution in [0.15, 0.2) is 0 Å². The summed E-state index contributed by atoms with van der Waals surface area (Å²) in [6.45, 7) is 4.94. The van der Waals surface area contributed by atoms with Crippen molar-refractivity contribution in [2.45, 2.75) is 122 Å². The second-order valence-corrected chi connectivity index (χ2v) is 9.16. The Morgan fingerprint density at radius 2 is 0.559 bits per heavy atom. The zero-order valence-electron chi connectivity index (χ0n) is 22.3. The quantitative estimate of drug-likeness (QED) is 0.0485. The van der Waals surface area contributed by atoms with Gasteiger partial charge in [0.25, 0.3) is 0 Å². The molecule has 0 aromatic rings. The van der Waals surface area contributed by atoms with Crippen molar-refractivity contribution in [1.82, 2.24) is 0 Å². The van der Waals surface area contributed by atoms with Crippen LogP contribution in [0.1, 0.15) is 122 Å². The molecule has 0 aliphatic heterocycles. The summed E-state index contributed by atoms with van der Waals surface area (Å²) >= 11 is 0. The van der Waals surface area contributed by atoms with E-state index in [1.807, 2.05) is 0 Å². The lowest BCUT2D eigenvalue weighted by atomic mass is 10.1. The van der Waals surface area contributed by atoms with E-state index >= 15 is 0 Å². The fourth-order valence-corrected chi connectivity index (χ4v) is 3.62. The summed E-state index contributed by atoms with van der Waals surface area (Å²) in [4.78, 5) is 8.79. The summed E-state index contributed by atoms with van der Waals surface area (Å²) in [5.41, 5.74) is 31.8. The van der Waals surface area contributed by atoms with Gasteiger partial charge in [0.15, 0.2) is 0 Å². The SMILES string of the molecule is CCCCCCCCCCCC[NH+]=C(N)N.NC(N)=[NH+]CCCCCCCCCC[NH+]=C(N)N. The van der Waals surface area contributed by atoms with Gasteiger partial charge in [-0.1, -0.05) is 103 Å². The molecule has 0 saturated heterocycles. The zero-order chi connectivity index (χ0) is 25.7. The van der Waals surface area contributed by atoms with Gasteiger partial charge in [-0.15, -0.1) is 0 Å². The molecule has 202 valence electrons. The lowest BCUT2D eigenvalue weighted by molar-refractivity contribution is -0.460. The highest BCUT2D eigenvalue weighted by molar-refractivity contribution is 5.69. The van der Waals surface area contributed by atoms with Crippen molar-refractivity contribution in [3.63, 3.8) is 0 Å². The summed E-state index contributed by atoms with van der Waals surface area (Å²) in [7, 11) is 0. The molecule has 0 heterocycles. The van der Waals surface area contributed by atoms with E-state index in [1.54, 1.807) is 0 Å². The van der Waals surface area contributed by atoms with Gasteiger partial charge in [0.05, 0.1) is 19.6 Å². The van der Waals surface area contributed by atoms with Crippen molar-refractivity contribution in [3.8, 4) is 0 Å². The van der Waals surface area contributed by atoms with Crippen LogP contribution in [-0.4, -0.2) is 37.5 Å². The van der Waals surface area contributed by atoms with Crippen LogP contribution in [0.3, 0.4) is 0 Å². The molecule has 0 fully saturated rings. The van der Waals surface area contributed by atoms with Crippen LogP contribution < -0.4 is 49.4 Å². The van der Waals surface area contributed by atoms with Gasteiger partial charge >= 0.3 is 17.9 Å². The minimum absolute atomic E-state index is 0.318. The van der Waals surface area contributed by atoms with E-state index in [1.165, 1.54) is 103 Å². The van der Waals surface area contributed by atoms with Gasteiger partial charge in [-0.2, -0.15) is 0 Å². The molecular formula is C25H60N9+3. The van der Waals surface area contributed by atoms with E-state index in [0.717, 1.165) is 32.5 Å². The van der Waals surface area contributed by atoms with Crippen LogP contribution in [0.5, 0.6) is 0 Å². The molecule has 0 bridgehead atoms. The van der Waals surface area contributed by atoms with Crippen molar-refractivity contribution in [1.29, 1.82) is 0 Å². The van der Waals surface area contributed by atoms with Crippen molar-refractivity contribution in [2.24, 2.45) is 34.4 Å². The molecule has 0 atom stereocenters. The van der Waals surface area contributed by atoms with E-state index < -0.39 is 0 Å². The number of nitrogens with one attached hydrogen (secondary N) is 3. The first-order chi connectivity index (χ1) is 16.4. The highest BCUT2D eigenvalue weighted by atomic mass is 15.0. The number of hydrogen-bond acceptors (Lipinski definition) is 0. The summed E-state index contributed by atoms with van der Waals surface area (Å²) in [6.07, 6.45) is 23.5. The maximum Gasteiger partial charge on any atom is 0.338 e. The topological polar surface area (TPSA) is 198 Å². The van der Waals surface area contributed by atoms with Crippen LogP contribution in [0, 0.1) is 0 Å². The second-order valence-electron chi connectivity index (χ2n) is 9.16. The first kappa shape index (κ1) is 34.0. The van der Waals surface area contributed by atoms with E-state index in [4.69, 9.17) is 34.4 Å². The van der Waals surface area contributed by atoms with Gasteiger partial charge in [-0.05, 0) is 19.3 Å². The van der Waals surface area contributed by atoms with Crippen molar-refractivity contribution in [3.05, 3.63) is 0 Å². The number of guanidine groups is 3. The largest absolute Gasteiger partial charge is 0.338 e. The molecule has 0 radical (unpaired) electrons. The molecule has 9 heteroatoms. The summed E-state index contributed by atoms with van der Waals surface area (Å²) in [5, 5.41) is 0. The van der Waals surface area contributed by atoms with Crippen LogP contribution in [0.4, 0.5) is 0 Å². The molecule has 0 spiro atoms. The van der Waals surface area contributed by atoms with Gasteiger partial charge in [-0.3, -0.25) is 49.4 Å². The van der Waals surface area contributed by atoms with Crippen LogP contribution in [0.2, 0.25) is 0 Å².